The van der Waals surface area contributed by atoms with Crippen LogP contribution in [0.1, 0.15) is 0 Å². The maximum Gasteiger partial charge on any atom is 0.290 e. The SMILES string of the molecule is O=C(C[n+]1ccc2ccccc2c1)Nc1ccc2c(c1)OCO2. The summed E-state index contributed by atoms with van der Waals surface area (Å²) in [5.41, 5.74) is 0.695. The van der Waals surface area contributed by atoms with E-state index in [-0.39, 0.29) is 19.2 Å². The van der Waals surface area contributed by atoms with Crippen LogP contribution in [0.2, 0.25) is 0 Å². The summed E-state index contributed by atoms with van der Waals surface area (Å²) >= 11 is 0. The third kappa shape index (κ3) is 2.81. The van der Waals surface area contributed by atoms with Crippen LogP contribution in [0.3, 0.4) is 0 Å². The molecule has 2 aromatic carbocycles. The zero-order valence-electron chi connectivity index (χ0n) is 12.4. The second-order valence-electron chi connectivity index (χ2n) is 5.36. The zero-order chi connectivity index (χ0) is 15.6. The van der Waals surface area contributed by atoms with E-state index in [1.165, 1.54) is 0 Å². The van der Waals surface area contributed by atoms with Crippen molar-refractivity contribution in [2.75, 3.05) is 12.1 Å². The molecule has 0 saturated heterocycles. The third-order valence-electron chi connectivity index (χ3n) is 3.73. The summed E-state index contributed by atoms with van der Waals surface area (Å²) in [5.74, 6) is 1.26. The highest BCUT2D eigenvalue weighted by Gasteiger charge is 2.15. The topological polar surface area (TPSA) is 51.4 Å². The average molecular weight is 307 g/mol. The number of ether oxygens (including phenoxy) is 2. The van der Waals surface area contributed by atoms with Crippen molar-refractivity contribution in [3.8, 4) is 11.5 Å². The van der Waals surface area contributed by atoms with E-state index < -0.39 is 0 Å². The molecule has 1 aromatic heterocycles. The number of rotatable bonds is 3. The van der Waals surface area contributed by atoms with E-state index in [4.69, 9.17) is 9.47 Å². The van der Waals surface area contributed by atoms with E-state index in [0.29, 0.717) is 17.2 Å². The summed E-state index contributed by atoms with van der Waals surface area (Å²) in [4.78, 5) is 12.2. The van der Waals surface area contributed by atoms with Crippen LogP contribution < -0.4 is 19.4 Å². The molecule has 1 N–H and O–H groups in total. The van der Waals surface area contributed by atoms with Crippen LogP contribution in [0.5, 0.6) is 11.5 Å². The number of nitrogens with one attached hydrogen (secondary N) is 1. The van der Waals surface area contributed by atoms with E-state index in [1.807, 2.05) is 47.3 Å². The van der Waals surface area contributed by atoms with Crippen LogP contribution in [0.4, 0.5) is 5.69 Å². The van der Waals surface area contributed by atoms with Gasteiger partial charge < -0.3 is 14.8 Å². The predicted molar refractivity (Wildman–Crippen MR) is 85.3 cm³/mol. The number of carbonyl (C=O) groups excluding carboxylic acids is 1. The van der Waals surface area contributed by atoms with Crippen molar-refractivity contribution in [1.29, 1.82) is 0 Å². The van der Waals surface area contributed by atoms with E-state index >= 15 is 0 Å². The molecule has 5 heteroatoms. The smallest absolute Gasteiger partial charge is 0.290 e. The lowest BCUT2D eigenvalue weighted by atomic mass is 10.2. The molecule has 23 heavy (non-hydrogen) atoms. The molecule has 0 fully saturated rings. The number of benzene rings is 2. The molecule has 4 rings (SSSR count). The van der Waals surface area contributed by atoms with Gasteiger partial charge in [-0.05, 0) is 23.6 Å². The molecule has 0 radical (unpaired) electrons. The molecule has 3 aromatic rings. The Labute approximate surface area is 133 Å². The number of carbonyl (C=O) groups is 1. The fraction of sp³-hybridized carbons (Fsp3) is 0.111. The lowest BCUT2D eigenvalue weighted by molar-refractivity contribution is -0.682. The van der Waals surface area contributed by atoms with Gasteiger partial charge in [0.2, 0.25) is 13.3 Å². The van der Waals surface area contributed by atoms with Gasteiger partial charge in [-0.1, -0.05) is 18.2 Å². The standard InChI is InChI=1S/C18H14N2O3/c21-18(19-15-5-6-16-17(9-15)23-12-22-16)11-20-8-7-13-3-1-2-4-14(13)10-20/h1-10H,11-12H2/p+1. The van der Waals surface area contributed by atoms with Gasteiger partial charge in [0.15, 0.2) is 23.9 Å². The molecular weight excluding hydrogens is 292 g/mol. The van der Waals surface area contributed by atoms with Crippen molar-refractivity contribution >= 4 is 22.4 Å². The van der Waals surface area contributed by atoms with Gasteiger partial charge in [0.25, 0.3) is 5.91 Å². The monoisotopic (exact) mass is 307 g/mol. The molecule has 114 valence electrons. The maximum atomic E-state index is 12.2. The van der Waals surface area contributed by atoms with Crippen LogP contribution in [0.15, 0.2) is 60.9 Å². The second kappa shape index (κ2) is 5.61. The van der Waals surface area contributed by atoms with E-state index in [2.05, 4.69) is 5.32 Å². The molecule has 0 unspecified atom stereocenters. The minimum atomic E-state index is -0.0934. The quantitative estimate of drug-likeness (QED) is 0.756. The Morgan fingerprint density at radius 3 is 2.78 bits per heavy atom. The molecule has 0 saturated carbocycles. The fourth-order valence-corrected chi connectivity index (χ4v) is 2.62. The number of nitrogens with zero attached hydrogens (tertiary/aromatic N) is 1. The Kier molecular flexibility index (Phi) is 3.31. The Morgan fingerprint density at radius 1 is 1.04 bits per heavy atom. The molecule has 0 aliphatic carbocycles. The van der Waals surface area contributed by atoms with E-state index in [0.717, 1.165) is 10.8 Å². The normalized spacial score (nSPS) is 12.3. The number of aromatic nitrogens is 1. The van der Waals surface area contributed by atoms with Gasteiger partial charge in [-0.3, -0.25) is 4.79 Å². The lowest BCUT2D eigenvalue weighted by Gasteiger charge is -2.04. The van der Waals surface area contributed by atoms with Crippen LogP contribution in [0.25, 0.3) is 10.8 Å². The van der Waals surface area contributed by atoms with Crippen LogP contribution in [-0.4, -0.2) is 12.7 Å². The van der Waals surface area contributed by atoms with Crippen LogP contribution in [-0.2, 0) is 11.3 Å². The van der Waals surface area contributed by atoms with Crippen LogP contribution >= 0.6 is 0 Å². The predicted octanol–water partition coefficient (Wildman–Crippen LogP) is 2.49. The molecular formula is C18H15N2O3+. The largest absolute Gasteiger partial charge is 0.454 e. The minimum absolute atomic E-state index is 0.0934. The highest BCUT2D eigenvalue weighted by molar-refractivity contribution is 5.90. The first-order chi connectivity index (χ1) is 11.3. The van der Waals surface area contributed by atoms with Gasteiger partial charge in [-0.2, -0.15) is 4.57 Å². The van der Waals surface area contributed by atoms with Gasteiger partial charge >= 0.3 is 0 Å². The van der Waals surface area contributed by atoms with Crippen molar-refractivity contribution in [3.05, 3.63) is 60.9 Å². The fourth-order valence-electron chi connectivity index (χ4n) is 2.62. The third-order valence-corrected chi connectivity index (χ3v) is 3.73. The highest BCUT2D eigenvalue weighted by atomic mass is 16.7. The van der Waals surface area contributed by atoms with Crippen LogP contribution in [0, 0.1) is 0 Å². The zero-order valence-corrected chi connectivity index (χ0v) is 12.4. The first-order valence-corrected chi connectivity index (χ1v) is 7.35. The Bertz CT molecular complexity index is 892. The van der Waals surface area contributed by atoms with Gasteiger partial charge in [-0.15, -0.1) is 0 Å². The van der Waals surface area contributed by atoms with Gasteiger partial charge in [-0.25, -0.2) is 0 Å². The van der Waals surface area contributed by atoms with E-state index in [9.17, 15) is 4.79 Å². The molecule has 2 heterocycles. The minimum Gasteiger partial charge on any atom is -0.454 e. The van der Waals surface area contributed by atoms with Crippen molar-refractivity contribution in [2.24, 2.45) is 0 Å². The lowest BCUT2D eigenvalue weighted by Crippen LogP contribution is -2.39. The molecule has 1 amide bonds. The van der Waals surface area contributed by atoms with Crippen molar-refractivity contribution in [2.45, 2.75) is 6.54 Å². The van der Waals surface area contributed by atoms with Crippen molar-refractivity contribution in [1.82, 2.24) is 0 Å². The number of hydrogen-bond acceptors (Lipinski definition) is 3. The van der Waals surface area contributed by atoms with Gasteiger partial charge in [0.1, 0.15) is 0 Å². The summed E-state index contributed by atoms with van der Waals surface area (Å²) in [5, 5.41) is 5.13. The molecule has 0 atom stereocenters. The first-order valence-electron chi connectivity index (χ1n) is 7.35. The second-order valence-corrected chi connectivity index (χ2v) is 5.36. The van der Waals surface area contributed by atoms with Crippen molar-refractivity contribution < 1.29 is 18.8 Å². The maximum absolute atomic E-state index is 12.2. The molecule has 0 spiro atoms. The van der Waals surface area contributed by atoms with Crippen molar-refractivity contribution in [3.63, 3.8) is 0 Å². The number of fused-ring (bicyclic) bond motifs is 2. The summed E-state index contributed by atoms with van der Waals surface area (Å²) in [6.45, 7) is 0.471. The Morgan fingerprint density at radius 2 is 1.87 bits per heavy atom. The Hall–Kier alpha value is -3.08. The highest BCUT2D eigenvalue weighted by Crippen LogP contribution is 2.34. The number of amides is 1. The summed E-state index contributed by atoms with van der Waals surface area (Å²) in [7, 11) is 0. The Balaban J connectivity index is 1.48. The summed E-state index contributed by atoms with van der Waals surface area (Å²) in [6, 6.07) is 15.4. The number of hydrogen-bond donors (Lipinski definition) is 1. The van der Waals surface area contributed by atoms with E-state index in [1.54, 1.807) is 18.2 Å². The molecule has 1 aliphatic heterocycles. The number of anilines is 1. The van der Waals surface area contributed by atoms with Gasteiger partial charge in [0.05, 0.1) is 0 Å². The van der Waals surface area contributed by atoms with Gasteiger partial charge in [0, 0.05) is 23.2 Å². The first kappa shape index (κ1) is 13.6. The molecule has 0 bridgehead atoms. The summed E-state index contributed by atoms with van der Waals surface area (Å²) < 4.78 is 12.4. The summed E-state index contributed by atoms with van der Waals surface area (Å²) in [6.07, 6.45) is 3.87. The molecule has 5 nitrogen and oxygen atoms in total. The molecule has 1 aliphatic rings. The average Bonchev–Trinajstić information content (AvgIpc) is 3.02. The number of pyridine rings is 1.